The first-order chi connectivity index (χ1) is 19.1. The normalized spacial score (nSPS) is 16.1. The van der Waals surface area contributed by atoms with Crippen LogP contribution in [0.15, 0.2) is 42.9 Å². The van der Waals surface area contributed by atoms with Gasteiger partial charge in [-0.25, -0.2) is 15.0 Å². The Balaban J connectivity index is 1.34. The lowest BCUT2D eigenvalue weighted by atomic mass is 10.2. The van der Waals surface area contributed by atoms with Crippen molar-refractivity contribution in [3.05, 3.63) is 59.1 Å². The second-order valence-corrected chi connectivity index (χ2v) is 10.7. The van der Waals surface area contributed by atoms with E-state index in [1.165, 1.54) is 12.8 Å². The number of pyridine rings is 1. The van der Waals surface area contributed by atoms with Crippen molar-refractivity contribution in [3.8, 4) is 17.1 Å². The van der Waals surface area contributed by atoms with Gasteiger partial charge in [0.15, 0.2) is 17.0 Å². The van der Waals surface area contributed by atoms with Crippen molar-refractivity contribution in [1.82, 2.24) is 34.7 Å². The highest BCUT2D eigenvalue weighted by molar-refractivity contribution is 6.33. The summed E-state index contributed by atoms with van der Waals surface area (Å²) in [6.07, 6.45) is 5.85. The van der Waals surface area contributed by atoms with Gasteiger partial charge >= 0.3 is 0 Å². The van der Waals surface area contributed by atoms with E-state index < -0.39 is 0 Å². The first-order valence-electron chi connectivity index (χ1n) is 13.9. The standard InChI is InChI=1S/C29H35ClN8O/c1-3-37(22-4-5-22)28-26-29(34-19-33-28)38(18-21-16-20(2)8-9-32-21)27(35-26)24-7-6-23(17-25(24)30)39-15-14-36-12-10-31-11-13-36/h6-9,16-17,19,22,31H,3-5,10-15,18H2,1-2H3. The average Bonchev–Trinajstić information content (AvgIpc) is 3.72. The fourth-order valence-electron chi connectivity index (χ4n) is 5.30. The van der Waals surface area contributed by atoms with E-state index in [1.807, 2.05) is 30.5 Å². The van der Waals surface area contributed by atoms with E-state index in [0.29, 0.717) is 24.2 Å². The number of rotatable bonds is 10. The number of halogens is 1. The fraction of sp³-hybridized carbons (Fsp3) is 0.448. The third kappa shape index (κ3) is 5.71. The lowest BCUT2D eigenvalue weighted by Crippen LogP contribution is -2.44. The number of nitrogens with one attached hydrogen (secondary N) is 1. The van der Waals surface area contributed by atoms with Gasteiger partial charge in [-0.2, -0.15) is 0 Å². The lowest BCUT2D eigenvalue weighted by molar-refractivity contribution is 0.191. The van der Waals surface area contributed by atoms with Gasteiger partial charge in [0.05, 0.1) is 17.3 Å². The Hall–Kier alpha value is -3.27. The van der Waals surface area contributed by atoms with Crippen molar-refractivity contribution in [2.24, 2.45) is 0 Å². The van der Waals surface area contributed by atoms with E-state index in [-0.39, 0.29) is 0 Å². The van der Waals surface area contributed by atoms with Gasteiger partial charge in [-0.3, -0.25) is 9.88 Å². The first-order valence-corrected chi connectivity index (χ1v) is 14.2. The number of fused-ring (bicyclic) bond motifs is 1. The maximum Gasteiger partial charge on any atom is 0.166 e. The van der Waals surface area contributed by atoms with Crippen LogP contribution in [0.5, 0.6) is 5.75 Å². The number of anilines is 1. The number of aromatic nitrogens is 5. The van der Waals surface area contributed by atoms with Crippen molar-refractivity contribution in [2.45, 2.75) is 39.3 Å². The maximum atomic E-state index is 6.90. The van der Waals surface area contributed by atoms with E-state index in [9.17, 15) is 0 Å². The molecule has 2 aliphatic rings. The van der Waals surface area contributed by atoms with Crippen molar-refractivity contribution in [2.75, 3.05) is 50.8 Å². The summed E-state index contributed by atoms with van der Waals surface area (Å²) in [6, 6.07) is 10.5. The number of aryl methyl sites for hydroxylation is 1. The topological polar surface area (TPSA) is 84.2 Å². The molecule has 204 valence electrons. The molecule has 1 aromatic carbocycles. The zero-order chi connectivity index (χ0) is 26.8. The quantitative estimate of drug-likeness (QED) is 0.317. The van der Waals surface area contributed by atoms with Crippen LogP contribution in [0.3, 0.4) is 0 Å². The summed E-state index contributed by atoms with van der Waals surface area (Å²) < 4.78 is 8.17. The molecule has 1 saturated carbocycles. The number of hydrogen-bond acceptors (Lipinski definition) is 8. The van der Waals surface area contributed by atoms with Gasteiger partial charge in [-0.05, 0) is 62.6 Å². The highest BCUT2D eigenvalue weighted by atomic mass is 35.5. The molecule has 0 bridgehead atoms. The average molecular weight is 547 g/mol. The monoisotopic (exact) mass is 546 g/mol. The predicted octanol–water partition coefficient (Wildman–Crippen LogP) is 4.17. The van der Waals surface area contributed by atoms with Crippen molar-refractivity contribution < 1.29 is 4.74 Å². The minimum atomic E-state index is 0.515. The van der Waals surface area contributed by atoms with Crippen molar-refractivity contribution in [3.63, 3.8) is 0 Å². The molecule has 1 saturated heterocycles. The number of imidazole rings is 1. The molecule has 0 atom stereocenters. The Labute approximate surface area is 234 Å². The van der Waals surface area contributed by atoms with E-state index in [4.69, 9.17) is 26.3 Å². The van der Waals surface area contributed by atoms with E-state index in [1.54, 1.807) is 6.33 Å². The number of ether oxygens (including phenoxy) is 1. The number of piperazine rings is 1. The van der Waals surface area contributed by atoms with Crippen LogP contribution in [0.25, 0.3) is 22.6 Å². The molecule has 1 N–H and O–H groups in total. The summed E-state index contributed by atoms with van der Waals surface area (Å²) in [5.41, 5.74) is 4.50. The second kappa shape index (κ2) is 11.5. The zero-order valence-corrected chi connectivity index (χ0v) is 23.4. The summed E-state index contributed by atoms with van der Waals surface area (Å²) in [5.74, 6) is 2.39. The van der Waals surface area contributed by atoms with Crippen LogP contribution in [0.2, 0.25) is 5.02 Å². The smallest absolute Gasteiger partial charge is 0.166 e. The molecule has 6 rings (SSSR count). The number of benzene rings is 1. The molecule has 3 aromatic heterocycles. The molecule has 0 unspecified atom stereocenters. The first kappa shape index (κ1) is 26.0. The molecule has 4 heterocycles. The molecular weight excluding hydrogens is 512 g/mol. The van der Waals surface area contributed by atoms with E-state index in [2.05, 4.69) is 49.6 Å². The Morgan fingerprint density at radius 1 is 1.10 bits per heavy atom. The Morgan fingerprint density at radius 3 is 2.69 bits per heavy atom. The van der Waals surface area contributed by atoms with Gasteiger partial charge in [0.2, 0.25) is 0 Å². The molecule has 1 aliphatic carbocycles. The second-order valence-electron chi connectivity index (χ2n) is 10.3. The molecule has 1 aliphatic heterocycles. The van der Waals surface area contributed by atoms with Gasteiger partial charge < -0.3 is 19.5 Å². The van der Waals surface area contributed by atoms with Crippen molar-refractivity contribution in [1.29, 1.82) is 0 Å². The van der Waals surface area contributed by atoms with Crippen LogP contribution in [0.1, 0.15) is 31.0 Å². The highest BCUT2D eigenvalue weighted by Crippen LogP contribution is 2.37. The molecule has 0 radical (unpaired) electrons. The van der Waals surface area contributed by atoms with Gasteiger partial charge in [0.25, 0.3) is 0 Å². The van der Waals surface area contributed by atoms with Crippen LogP contribution in [-0.2, 0) is 6.54 Å². The minimum Gasteiger partial charge on any atom is -0.492 e. The van der Waals surface area contributed by atoms with Crippen LogP contribution >= 0.6 is 11.6 Å². The third-order valence-corrected chi connectivity index (χ3v) is 7.79. The van der Waals surface area contributed by atoms with Crippen LogP contribution in [-0.4, -0.2) is 81.3 Å². The Kier molecular flexibility index (Phi) is 7.63. The Bertz CT molecular complexity index is 1450. The molecule has 4 aromatic rings. The number of nitrogens with zero attached hydrogens (tertiary/aromatic N) is 7. The highest BCUT2D eigenvalue weighted by Gasteiger charge is 2.31. The lowest BCUT2D eigenvalue weighted by Gasteiger charge is -2.26. The molecule has 0 spiro atoms. The number of hydrogen-bond donors (Lipinski definition) is 1. The molecule has 2 fully saturated rings. The molecule has 0 amide bonds. The van der Waals surface area contributed by atoms with Crippen LogP contribution in [0.4, 0.5) is 5.82 Å². The third-order valence-electron chi connectivity index (χ3n) is 7.47. The molecular formula is C29H35ClN8O. The Morgan fingerprint density at radius 2 is 1.95 bits per heavy atom. The van der Waals surface area contributed by atoms with Crippen LogP contribution < -0.4 is 15.0 Å². The predicted molar refractivity (Wildman–Crippen MR) is 155 cm³/mol. The van der Waals surface area contributed by atoms with E-state index >= 15 is 0 Å². The summed E-state index contributed by atoms with van der Waals surface area (Å²) in [5, 5.41) is 3.97. The minimum absolute atomic E-state index is 0.515. The molecule has 9 nitrogen and oxygen atoms in total. The van der Waals surface area contributed by atoms with E-state index in [0.717, 1.165) is 84.6 Å². The van der Waals surface area contributed by atoms with Gasteiger partial charge in [0.1, 0.15) is 24.5 Å². The van der Waals surface area contributed by atoms with Crippen molar-refractivity contribution >= 4 is 28.6 Å². The molecule has 10 heteroatoms. The summed E-state index contributed by atoms with van der Waals surface area (Å²) in [4.78, 5) is 23.9. The molecule has 39 heavy (non-hydrogen) atoms. The van der Waals surface area contributed by atoms with Gasteiger partial charge in [-0.15, -0.1) is 0 Å². The maximum absolute atomic E-state index is 6.90. The largest absolute Gasteiger partial charge is 0.492 e. The fourth-order valence-corrected chi connectivity index (χ4v) is 5.55. The van der Waals surface area contributed by atoms with Crippen LogP contribution in [0, 0.1) is 6.92 Å². The zero-order valence-electron chi connectivity index (χ0n) is 22.6. The SMILES string of the molecule is CCN(c1ncnc2c1nc(-c1ccc(OCCN3CCNCC3)cc1Cl)n2Cc1cc(C)ccn1)C1CC1. The summed E-state index contributed by atoms with van der Waals surface area (Å²) in [7, 11) is 0. The summed E-state index contributed by atoms with van der Waals surface area (Å²) >= 11 is 6.90. The summed E-state index contributed by atoms with van der Waals surface area (Å²) in [6.45, 7) is 11.3. The van der Waals surface area contributed by atoms with Gasteiger partial charge in [0, 0.05) is 57.1 Å². The van der Waals surface area contributed by atoms with Gasteiger partial charge in [-0.1, -0.05) is 11.6 Å².